The largest absolute Gasteiger partial charge is 0.378 e. The van der Waals surface area contributed by atoms with Crippen molar-refractivity contribution in [2.75, 3.05) is 25.5 Å². The second-order valence-electron chi connectivity index (χ2n) is 8.92. The van der Waals surface area contributed by atoms with Crippen molar-refractivity contribution in [3.63, 3.8) is 0 Å². The fourth-order valence-electron chi connectivity index (χ4n) is 4.44. The number of nitrogens with one attached hydrogen (secondary N) is 3. The van der Waals surface area contributed by atoms with Gasteiger partial charge in [0, 0.05) is 54.9 Å². The molecule has 36 heavy (non-hydrogen) atoms. The summed E-state index contributed by atoms with van der Waals surface area (Å²) in [6.07, 6.45) is 1.82. The van der Waals surface area contributed by atoms with Crippen LogP contribution in [0.5, 0.6) is 0 Å². The van der Waals surface area contributed by atoms with Gasteiger partial charge in [-0.15, -0.1) is 0 Å². The van der Waals surface area contributed by atoms with Crippen LogP contribution in [0.2, 0.25) is 0 Å². The smallest absolute Gasteiger partial charge is 0.312 e. The molecule has 0 spiro atoms. The lowest BCUT2D eigenvalue weighted by Crippen LogP contribution is -2.38. The van der Waals surface area contributed by atoms with E-state index in [-0.39, 0.29) is 23.8 Å². The molecule has 4 rings (SSSR count). The highest BCUT2D eigenvalue weighted by Crippen LogP contribution is 2.31. The number of rotatable bonds is 9. The highest BCUT2D eigenvalue weighted by Gasteiger charge is 2.23. The number of carbonyl (C=O) groups is 2. The number of aromatic amines is 1. The summed E-state index contributed by atoms with van der Waals surface area (Å²) in [7, 11) is 3.97. The Morgan fingerprint density at radius 1 is 0.972 bits per heavy atom. The Morgan fingerprint density at radius 3 is 2.36 bits per heavy atom. The van der Waals surface area contributed by atoms with Gasteiger partial charge in [0.15, 0.2) is 0 Å². The maximum atomic E-state index is 14.4. The molecule has 0 bridgehead atoms. The van der Waals surface area contributed by atoms with Gasteiger partial charge in [0.1, 0.15) is 5.82 Å². The highest BCUT2D eigenvalue weighted by atomic mass is 19.1. The predicted octanol–water partition coefficient (Wildman–Crippen LogP) is 4.42. The molecule has 3 amide bonds. The lowest BCUT2D eigenvalue weighted by molar-refractivity contribution is -0.121. The molecule has 0 aliphatic heterocycles. The van der Waals surface area contributed by atoms with Gasteiger partial charge in [-0.2, -0.15) is 0 Å². The number of aromatic nitrogens is 1. The van der Waals surface area contributed by atoms with E-state index in [1.807, 2.05) is 55.5 Å². The maximum absolute atomic E-state index is 14.4. The second-order valence-corrected chi connectivity index (χ2v) is 8.92. The van der Waals surface area contributed by atoms with Crippen LogP contribution in [0, 0.1) is 5.82 Å². The third-order valence-electron chi connectivity index (χ3n) is 6.30. The number of benzene rings is 3. The number of nitrogens with zero attached hydrogens (tertiary/aromatic N) is 1. The quantitative estimate of drug-likeness (QED) is 0.281. The van der Waals surface area contributed by atoms with Gasteiger partial charge in [-0.1, -0.05) is 48.5 Å². The molecule has 1 aromatic heterocycles. The summed E-state index contributed by atoms with van der Waals surface area (Å²) >= 11 is 0. The lowest BCUT2D eigenvalue weighted by Gasteiger charge is -2.22. The number of primary amides is 1. The molecule has 0 radical (unpaired) electrons. The van der Waals surface area contributed by atoms with Crippen LogP contribution in [0.25, 0.3) is 10.9 Å². The number of hydrogen-bond acceptors (Lipinski definition) is 3. The predicted molar refractivity (Wildman–Crippen MR) is 140 cm³/mol. The van der Waals surface area contributed by atoms with Gasteiger partial charge in [0.25, 0.3) is 0 Å². The van der Waals surface area contributed by atoms with E-state index in [0.717, 1.165) is 27.7 Å². The lowest BCUT2D eigenvalue weighted by atomic mass is 9.90. The number of carbonyl (C=O) groups excluding carboxylic acids is 2. The molecule has 0 saturated carbocycles. The van der Waals surface area contributed by atoms with Crippen LogP contribution in [-0.2, 0) is 4.79 Å². The SMILES string of the molecule is CN(C)c1ccc(C(CNC(=O)CC(NC(N)=O)c2ccccc2F)c2c[nH]c3ccccc23)cc1. The summed E-state index contributed by atoms with van der Waals surface area (Å²) in [6.45, 7) is 0.322. The number of fused-ring (bicyclic) bond motifs is 1. The van der Waals surface area contributed by atoms with Gasteiger partial charge < -0.3 is 26.3 Å². The molecule has 0 aliphatic carbocycles. The monoisotopic (exact) mass is 487 g/mol. The Labute approximate surface area is 209 Å². The molecule has 0 saturated heterocycles. The molecule has 3 aromatic carbocycles. The molecular formula is C28H30FN5O2. The van der Waals surface area contributed by atoms with Crippen LogP contribution in [0.4, 0.5) is 14.9 Å². The van der Waals surface area contributed by atoms with Gasteiger partial charge in [-0.25, -0.2) is 9.18 Å². The Kier molecular flexibility index (Phi) is 7.53. The molecule has 1 heterocycles. The first-order valence-electron chi connectivity index (χ1n) is 11.7. The maximum Gasteiger partial charge on any atom is 0.312 e. The van der Waals surface area contributed by atoms with Crippen molar-refractivity contribution in [2.24, 2.45) is 5.73 Å². The Balaban J connectivity index is 1.57. The number of halogens is 1. The summed E-state index contributed by atoms with van der Waals surface area (Å²) in [5.41, 5.74) is 9.70. The van der Waals surface area contributed by atoms with Crippen LogP contribution in [-0.4, -0.2) is 37.6 Å². The van der Waals surface area contributed by atoms with E-state index in [9.17, 15) is 14.0 Å². The standard InChI is InChI=1S/C28H30FN5O2/c1-34(2)19-13-11-18(12-14-19)22(23-17-31-25-10-6-4-7-20(23)25)16-32-27(35)15-26(33-28(30)36)21-8-3-5-9-24(21)29/h3-14,17,22,26,31H,15-16H2,1-2H3,(H,32,35)(H3,30,33,36). The fraction of sp³-hybridized carbons (Fsp3) is 0.214. The zero-order chi connectivity index (χ0) is 25.7. The number of H-pyrrole nitrogens is 1. The highest BCUT2D eigenvalue weighted by molar-refractivity contribution is 5.84. The van der Waals surface area contributed by atoms with E-state index in [2.05, 4.69) is 33.8 Å². The van der Waals surface area contributed by atoms with E-state index < -0.39 is 17.9 Å². The molecule has 4 aromatic rings. The molecule has 8 heteroatoms. The summed E-state index contributed by atoms with van der Waals surface area (Å²) < 4.78 is 14.4. The fourth-order valence-corrected chi connectivity index (χ4v) is 4.44. The minimum absolute atomic E-state index is 0.127. The second kappa shape index (κ2) is 10.9. The molecule has 5 N–H and O–H groups in total. The number of urea groups is 1. The number of hydrogen-bond donors (Lipinski definition) is 4. The van der Waals surface area contributed by atoms with Gasteiger partial charge in [0.05, 0.1) is 12.5 Å². The topological polar surface area (TPSA) is 103 Å². The first kappa shape index (κ1) is 24.8. The Hall–Kier alpha value is -4.33. The summed E-state index contributed by atoms with van der Waals surface area (Å²) in [6, 6.07) is 20.5. The third-order valence-corrected chi connectivity index (χ3v) is 6.30. The average Bonchev–Trinajstić information content (AvgIpc) is 3.28. The summed E-state index contributed by atoms with van der Waals surface area (Å²) in [4.78, 5) is 29.9. The van der Waals surface area contributed by atoms with E-state index in [4.69, 9.17) is 5.73 Å². The molecular weight excluding hydrogens is 457 g/mol. The van der Waals surface area contributed by atoms with Crippen molar-refractivity contribution in [1.29, 1.82) is 0 Å². The summed E-state index contributed by atoms with van der Waals surface area (Å²) in [5.74, 6) is -0.967. The normalized spacial score (nSPS) is 12.6. The minimum Gasteiger partial charge on any atom is -0.378 e. The first-order chi connectivity index (χ1) is 17.3. The molecule has 7 nitrogen and oxygen atoms in total. The number of anilines is 1. The van der Waals surface area contributed by atoms with Crippen LogP contribution in [0.3, 0.4) is 0 Å². The zero-order valence-electron chi connectivity index (χ0n) is 20.3. The van der Waals surface area contributed by atoms with E-state index in [1.54, 1.807) is 12.1 Å². The van der Waals surface area contributed by atoms with Gasteiger partial charge in [0.2, 0.25) is 5.91 Å². The van der Waals surface area contributed by atoms with Crippen molar-refractivity contribution in [2.45, 2.75) is 18.4 Å². The molecule has 2 unspecified atom stereocenters. The van der Waals surface area contributed by atoms with Gasteiger partial charge >= 0.3 is 6.03 Å². The van der Waals surface area contributed by atoms with Crippen LogP contribution < -0.4 is 21.3 Å². The molecule has 0 fully saturated rings. The van der Waals surface area contributed by atoms with Crippen molar-refractivity contribution >= 4 is 28.5 Å². The molecule has 186 valence electrons. The number of amides is 3. The van der Waals surface area contributed by atoms with Crippen LogP contribution in [0.15, 0.2) is 79.0 Å². The number of nitrogens with two attached hydrogens (primary N) is 1. The van der Waals surface area contributed by atoms with Crippen LogP contribution >= 0.6 is 0 Å². The minimum atomic E-state index is -0.880. The van der Waals surface area contributed by atoms with Crippen molar-refractivity contribution in [3.8, 4) is 0 Å². The Morgan fingerprint density at radius 2 is 1.67 bits per heavy atom. The van der Waals surface area contributed by atoms with E-state index in [0.29, 0.717) is 6.54 Å². The van der Waals surface area contributed by atoms with Crippen LogP contribution in [0.1, 0.15) is 35.1 Å². The molecule has 0 aliphatic rings. The first-order valence-corrected chi connectivity index (χ1v) is 11.7. The van der Waals surface area contributed by atoms with Gasteiger partial charge in [-0.3, -0.25) is 4.79 Å². The number of para-hydroxylation sites is 1. The van der Waals surface area contributed by atoms with Crippen molar-refractivity contribution in [3.05, 3.63) is 102 Å². The van der Waals surface area contributed by atoms with Crippen molar-refractivity contribution < 1.29 is 14.0 Å². The Bertz CT molecular complexity index is 1350. The zero-order valence-corrected chi connectivity index (χ0v) is 20.3. The third kappa shape index (κ3) is 5.66. The van der Waals surface area contributed by atoms with E-state index >= 15 is 0 Å². The van der Waals surface area contributed by atoms with Gasteiger partial charge in [-0.05, 0) is 35.4 Å². The van der Waals surface area contributed by atoms with E-state index in [1.165, 1.54) is 12.1 Å². The summed E-state index contributed by atoms with van der Waals surface area (Å²) in [5, 5.41) is 6.55. The molecule has 2 atom stereocenters. The average molecular weight is 488 g/mol. The van der Waals surface area contributed by atoms with Crippen molar-refractivity contribution in [1.82, 2.24) is 15.6 Å².